The van der Waals surface area contributed by atoms with E-state index in [9.17, 15) is 4.79 Å². The molecule has 4 heteroatoms. The van der Waals surface area contributed by atoms with Crippen LogP contribution >= 0.6 is 0 Å². The smallest absolute Gasteiger partial charge is 0.249 e. The SMILES string of the molecule is NC(=O)c1cccc(Cc2ccccc2)c1-c1ccc2ncncc2c1. The van der Waals surface area contributed by atoms with Gasteiger partial charge in [0.15, 0.2) is 0 Å². The molecule has 0 saturated heterocycles. The van der Waals surface area contributed by atoms with E-state index in [1.807, 2.05) is 48.5 Å². The van der Waals surface area contributed by atoms with Crippen molar-refractivity contribution in [1.82, 2.24) is 9.97 Å². The lowest BCUT2D eigenvalue weighted by molar-refractivity contribution is 0.100. The number of primary amides is 1. The lowest BCUT2D eigenvalue weighted by atomic mass is 9.90. The van der Waals surface area contributed by atoms with E-state index in [0.29, 0.717) is 5.56 Å². The summed E-state index contributed by atoms with van der Waals surface area (Å²) in [6.45, 7) is 0. The summed E-state index contributed by atoms with van der Waals surface area (Å²) in [6.07, 6.45) is 4.02. The first-order chi connectivity index (χ1) is 12.7. The third kappa shape index (κ3) is 3.05. The van der Waals surface area contributed by atoms with Crippen LogP contribution in [0.2, 0.25) is 0 Å². The van der Waals surface area contributed by atoms with Gasteiger partial charge in [0.1, 0.15) is 6.33 Å². The number of rotatable bonds is 4. The number of hydrogen-bond acceptors (Lipinski definition) is 3. The Kier molecular flexibility index (Phi) is 4.15. The normalized spacial score (nSPS) is 10.8. The van der Waals surface area contributed by atoms with Crippen LogP contribution in [0.3, 0.4) is 0 Å². The first kappa shape index (κ1) is 16.0. The number of fused-ring (bicyclic) bond motifs is 1. The van der Waals surface area contributed by atoms with Crippen molar-refractivity contribution in [1.29, 1.82) is 0 Å². The minimum Gasteiger partial charge on any atom is -0.366 e. The van der Waals surface area contributed by atoms with Crippen LogP contribution < -0.4 is 5.73 Å². The van der Waals surface area contributed by atoms with Gasteiger partial charge in [-0.05, 0) is 46.9 Å². The van der Waals surface area contributed by atoms with Crippen LogP contribution in [0.4, 0.5) is 0 Å². The molecule has 26 heavy (non-hydrogen) atoms. The zero-order valence-electron chi connectivity index (χ0n) is 14.1. The number of nitrogens with two attached hydrogens (primary N) is 1. The maximum absolute atomic E-state index is 12.1. The summed E-state index contributed by atoms with van der Waals surface area (Å²) >= 11 is 0. The molecule has 4 nitrogen and oxygen atoms in total. The van der Waals surface area contributed by atoms with Gasteiger partial charge in [0.2, 0.25) is 5.91 Å². The summed E-state index contributed by atoms with van der Waals surface area (Å²) in [4.78, 5) is 20.4. The number of carbonyl (C=O) groups is 1. The molecule has 1 aromatic heterocycles. The molecule has 0 saturated carbocycles. The molecule has 126 valence electrons. The maximum atomic E-state index is 12.1. The second-order valence-corrected chi connectivity index (χ2v) is 6.16. The van der Waals surface area contributed by atoms with Gasteiger partial charge in [-0.25, -0.2) is 9.97 Å². The van der Waals surface area contributed by atoms with E-state index in [4.69, 9.17) is 5.73 Å². The standard InChI is InChI=1S/C22H17N3O/c23-22(26)19-8-4-7-16(11-15-5-2-1-3-6-15)21(19)17-9-10-20-18(12-17)13-24-14-25-20/h1-10,12-14H,11H2,(H2,23,26). The molecule has 0 aliphatic heterocycles. The highest BCUT2D eigenvalue weighted by atomic mass is 16.1. The van der Waals surface area contributed by atoms with Crippen LogP contribution in [-0.2, 0) is 6.42 Å². The van der Waals surface area contributed by atoms with Crippen molar-refractivity contribution < 1.29 is 4.79 Å². The van der Waals surface area contributed by atoms with E-state index in [-0.39, 0.29) is 0 Å². The quantitative estimate of drug-likeness (QED) is 0.611. The minimum absolute atomic E-state index is 0.431. The molecule has 0 aliphatic rings. The first-order valence-electron chi connectivity index (χ1n) is 8.38. The molecule has 0 radical (unpaired) electrons. The second kappa shape index (κ2) is 6.76. The molecule has 0 fully saturated rings. The van der Waals surface area contributed by atoms with Crippen LogP contribution in [0, 0.1) is 0 Å². The third-order valence-electron chi connectivity index (χ3n) is 4.45. The van der Waals surface area contributed by atoms with E-state index in [0.717, 1.165) is 34.0 Å². The number of nitrogens with zero attached hydrogens (tertiary/aromatic N) is 2. The minimum atomic E-state index is -0.431. The number of hydrogen-bond donors (Lipinski definition) is 1. The maximum Gasteiger partial charge on any atom is 0.249 e. The Balaban J connectivity index is 1.90. The van der Waals surface area contributed by atoms with Crippen molar-refractivity contribution in [2.75, 3.05) is 0 Å². The molecule has 4 rings (SSSR count). The van der Waals surface area contributed by atoms with E-state index < -0.39 is 5.91 Å². The summed E-state index contributed by atoms with van der Waals surface area (Å²) in [6, 6.07) is 21.8. The van der Waals surface area contributed by atoms with Crippen LogP contribution in [0.1, 0.15) is 21.5 Å². The topological polar surface area (TPSA) is 68.9 Å². The van der Waals surface area contributed by atoms with Gasteiger partial charge in [-0.15, -0.1) is 0 Å². The lowest BCUT2D eigenvalue weighted by Gasteiger charge is -2.14. The van der Waals surface area contributed by atoms with Crippen LogP contribution in [-0.4, -0.2) is 15.9 Å². The van der Waals surface area contributed by atoms with Crippen molar-refractivity contribution in [3.8, 4) is 11.1 Å². The largest absolute Gasteiger partial charge is 0.366 e. The lowest BCUT2D eigenvalue weighted by Crippen LogP contribution is -2.13. The molecule has 0 unspecified atom stereocenters. The highest BCUT2D eigenvalue weighted by Crippen LogP contribution is 2.31. The van der Waals surface area contributed by atoms with Crippen molar-refractivity contribution >= 4 is 16.8 Å². The fraction of sp³-hybridized carbons (Fsp3) is 0.0455. The molecule has 0 aliphatic carbocycles. The molecule has 1 heterocycles. The number of benzene rings is 3. The molecule has 0 bridgehead atoms. The third-order valence-corrected chi connectivity index (χ3v) is 4.45. The first-order valence-corrected chi connectivity index (χ1v) is 8.38. The molecule has 4 aromatic rings. The zero-order chi connectivity index (χ0) is 17.9. The summed E-state index contributed by atoms with van der Waals surface area (Å²) in [5, 5.41) is 0.926. The average Bonchev–Trinajstić information content (AvgIpc) is 2.68. The van der Waals surface area contributed by atoms with Crippen LogP contribution in [0.15, 0.2) is 79.3 Å². The van der Waals surface area contributed by atoms with Crippen molar-refractivity contribution in [3.63, 3.8) is 0 Å². The summed E-state index contributed by atoms with van der Waals surface area (Å²) < 4.78 is 0. The Bertz CT molecular complexity index is 1090. The monoisotopic (exact) mass is 339 g/mol. The fourth-order valence-electron chi connectivity index (χ4n) is 3.25. The van der Waals surface area contributed by atoms with Crippen LogP contribution in [0.5, 0.6) is 0 Å². The molecule has 0 spiro atoms. The predicted molar refractivity (Wildman–Crippen MR) is 103 cm³/mol. The van der Waals surface area contributed by atoms with Gasteiger partial charge < -0.3 is 5.73 Å². The van der Waals surface area contributed by atoms with Gasteiger partial charge in [0.25, 0.3) is 0 Å². The number of aromatic nitrogens is 2. The van der Waals surface area contributed by atoms with Gasteiger partial charge in [0.05, 0.1) is 5.52 Å². The molecule has 3 aromatic carbocycles. The van der Waals surface area contributed by atoms with E-state index >= 15 is 0 Å². The molecule has 1 amide bonds. The van der Waals surface area contributed by atoms with Crippen LogP contribution in [0.25, 0.3) is 22.0 Å². The summed E-state index contributed by atoms with van der Waals surface area (Å²) in [5.41, 5.74) is 11.1. The Morgan fingerprint density at radius 2 is 1.81 bits per heavy atom. The Morgan fingerprint density at radius 3 is 2.62 bits per heavy atom. The zero-order valence-corrected chi connectivity index (χ0v) is 14.1. The van der Waals surface area contributed by atoms with Crippen molar-refractivity contribution in [2.24, 2.45) is 5.73 Å². The Morgan fingerprint density at radius 1 is 0.962 bits per heavy atom. The van der Waals surface area contributed by atoms with Crippen molar-refractivity contribution in [3.05, 3.63) is 95.9 Å². The predicted octanol–water partition coefficient (Wildman–Crippen LogP) is 3.99. The van der Waals surface area contributed by atoms with Gasteiger partial charge in [-0.1, -0.05) is 48.5 Å². The van der Waals surface area contributed by atoms with E-state index in [1.165, 1.54) is 11.9 Å². The number of amides is 1. The number of carbonyl (C=O) groups excluding carboxylic acids is 1. The molecular weight excluding hydrogens is 322 g/mol. The Labute approximate surface area is 151 Å². The molecule has 0 atom stereocenters. The van der Waals surface area contributed by atoms with Gasteiger partial charge >= 0.3 is 0 Å². The molecule has 2 N–H and O–H groups in total. The average molecular weight is 339 g/mol. The highest BCUT2D eigenvalue weighted by Gasteiger charge is 2.15. The molecular formula is C22H17N3O. The summed E-state index contributed by atoms with van der Waals surface area (Å²) in [7, 11) is 0. The van der Waals surface area contributed by atoms with Gasteiger partial charge in [-0.3, -0.25) is 4.79 Å². The van der Waals surface area contributed by atoms with Gasteiger partial charge in [0, 0.05) is 17.1 Å². The Hall–Kier alpha value is -3.53. The second-order valence-electron chi connectivity index (χ2n) is 6.16. The van der Waals surface area contributed by atoms with Gasteiger partial charge in [-0.2, -0.15) is 0 Å². The highest BCUT2D eigenvalue weighted by molar-refractivity contribution is 6.01. The van der Waals surface area contributed by atoms with E-state index in [2.05, 4.69) is 22.1 Å². The van der Waals surface area contributed by atoms with Crippen molar-refractivity contribution in [2.45, 2.75) is 6.42 Å². The summed E-state index contributed by atoms with van der Waals surface area (Å²) in [5.74, 6) is -0.431. The van der Waals surface area contributed by atoms with E-state index in [1.54, 1.807) is 12.3 Å². The fourth-order valence-corrected chi connectivity index (χ4v) is 3.25.